The van der Waals surface area contributed by atoms with E-state index in [1.807, 2.05) is 5.32 Å². The van der Waals surface area contributed by atoms with Gasteiger partial charge >= 0.3 is 5.97 Å². The van der Waals surface area contributed by atoms with Gasteiger partial charge in [0, 0.05) is 0 Å². The van der Waals surface area contributed by atoms with Gasteiger partial charge in [-0.3, -0.25) is 14.4 Å². The zero-order valence-corrected chi connectivity index (χ0v) is 16.6. The van der Waals surface area contributed by atoms with E-state index < -0.39 is 54.1 Å². The van der Waals surface area contributed by atoms with Crippen LogP contribution in [0.25, 0.3) is 0 Å². The molecule has 0 radical (unpaired) electrons. The summed E-state index contributed by atoms with van der Waals surface area (Å²) in [5.74, 6) is -6.17. The van der Waals surface area contributed by atoms with Crippen molar-refractivity contribution < 1.29 is 41.8 Å². The molecule has 0 aliphatic rings. The molecule has 0 atom stereocenters. The first-order valence-electron chi connectivity index (χ1n) is 8.81. The van der Waals surface area contributed by atoms with E-state index in [0.717, 1.165) is 6.07 Å². The molecule has 2 aromatic rings. The number of hydrogen-bond acceptors (Lipinski definition) is 6. The predicted octanol–water partition coefficient (Wildman–Crippen LogP) is 1.96. The lowest BCUT2D eigenvalue weighted by Gasteiger charge is -2.10. The minimum absolute atomic E-state index is 0.135. The van der Waals surface area contributed by atoms with Gasteiger partial charge in [0.2, 0.25) is 5.91 Å². The smallest absolute Gasteiger partial charge is 0.310 e. The second kappa shape index (κ2) is 10.9. The highest BCUT2D eigenvalue weighted by Gasteiger charge is 2.16. The summed E-state index contributed by atoms with van der Waals surface area (Å²) in [6.45, 7) is -1.26. The van der Waals surface area contributed by atoms with Gasteiger partial charge in [-0.25, -0.2) is 13.2 Å². The molecule has 0 aliphatic carbocycles. The normalized spacial score (nSPS) is 10.2. The Morgan fingerprint density at radius 3 is 2.29 bits per heavy atom. The van der Waals surface area contributed by atoms with E-state index in [1.54, 1.807) is 18.2 Å². The Bertz CT molecular complexity index is 984. The molecule has 0 unspecified atom stereocenters. The number of ether oxygens (including phenoxy) is 3. The largest absolute Gasteiger partial charge is 0.493 e. The number of nitrogens with one attached hydrogen (secondary N) is 2. The lowest BCUT2D eigenvalue weighted by Crippen LogP contribution is -2.35. The fraction of sp³-hybridized carbons (Fsp3) is 0.250. The van der Waals surface area contributed by atoms with Crippen LogP contribution in [-0.2, 0) is 25.5 Å². The van der Waals surface area contributed by atoms with Crippen LogP contribution in [0.15, 0.2) is 30.3 Å². The molecule has 166 valence electrons. The first kappa shape index (κ1) is 23.5. The number of carbonyl (C=O) groups excluding carboxylic acids is 3. The highest BCUT2D eigenvalue weighted by atomic mass is 19.2. The van der Waals surface area contributed by atoms with Gasteiger partial charge in [-0.15, -0.1) is 0 Å². The summed E-state index contributed by atoms with van der Waals surface area (Å²) in [6, 6.07) is 6.31. The molecular weight excluding hydrogens is 421 g/mol. The van der Waals surface area contributed by atoms with Gasteiger partial charge in [-0.05, 0) is 29.8 Å². The van der Waals surface area contributed by atoms with Crippen molar-refractivity contribution in [3.05, 3.63) is 53.3 Å². The van der Waals surface area contributed by atoms with Crippen LogP contribution in [0.2, 0.25) is 0 Å². The Hall–Kier alpha value is -3.76. The molecule has 0 saturated carbocycles. The van der Waals surface area contributed by atoms with Crippen molar-refractivity contribution in [1.29, 1.82) is 0 Å². The summed E-state index contributed by atoms with van der Waals surface area (Å²) in [7, 11) is 2.92. The molecule has 11 heteroatoms. The van der Waals surface area contributed by atoms with Crippen LogP contribution in [0.5, 0.6) is 11.5 Å². The minimum atomic E-state index is -1.73. The van der Waals surface area contributed by atoms with E-state index in [4.69, 9.17) is 14.2 Å². The number of rotatable bonds is 9. The maximum absolute atomic E-state index is 13.5. The van der Waals surface area contributed by atoms with Crippen molar-refractivity contribution in [1.82, 2.24) is 5.32 Å². The van der Waals surface area contributed by atoms with Crippen molar-refractivity contribution >= 4 is 23.5 Å². The molecule has 31 heavy (non-hydrogen) atoms. The Kier molecular flexibility index (Phi) is 8.24. The lowest BCUT2D eigenvalue weighted by atomic mass is 10.1. The van der Waals surface area contributed by atoms with Crippen LogP contribution in [0.1, 0.15) is 5.56 Å². The molecule has 0 aliphatic heterocycles. The third-order valence-corrected chi connectivity index (χ3v) is 3.92. The number of benzene rings is 2. The van der Waals surface area contributed by atoms with Crippen LogP contribution in [0.4, 0.5) is 18.9 Å². The van der Waals surface area contributed by atoms with E-state index in [0.29, 0.717) is 23.1 Å². The SMILES string of the molecule is COc1ccc(CC(=O)OCC(=O)NCC(=O)Nc2ccc(F)c(F)c2F)cc1OC. The summed E-state index contributed by atoms with van der Waals surface area (Å²) in [5, 5.41) is 4.13. The molecule has 2 rings (SSSR count). The second-order valence-electron chi connectivity index (χ2n) is 6.07. The van der Waals surface area contributed by atoms with Crippen molar-refractivity contribution in [3.8, 4) is 11.5 Å². The van der Waals surface area contributed by atoms with Crippen LogP contribution >= 0.6 is 0 Å². The van der Waals surface area contributed by atoms with Gasteiger partial charge < -0.3 is 24.8 Å². The summed E-state index contributed by atoms with van der Waals surface area (Å²) >= 11 is 0. The zero-order valence-electron chi connectivity index (χ0n) is 16.6. The van der Waals surface area contributed by atoms with E-state index in [1.165, 1.54) is 14.2 Å². The first-order valence-corrected chi connectivity index (χ1v) is 8.81. The Morgan fingerprint density at radius 2 is 1.61 bits per heavy atom. The van der Waals surface area contributed by atoms with Gasteiger partial charge in [0.1, 0.15) is 0 Å². The number of carbonyl (C=O) groups is 3. The number of esters is 1. The van der Waals surface area contributed by atoms with E-state index in [-0.39, 0.29) is 6.42 Å². The topological polar surface area (TPSA) is 103 Å². The quantitative estimate of drug-likeness (QED) is 0.457. The predicted molar refractivity (Wildman–Crippen MR) is 102 cm³/mol. The molecule has 2 aromatic carbocycles. The maximum Gasteiger partial charge on any atom is 0.310 e. The Labute approximate surface area is 175 Å². The van der Waals surface area contributed by atoms with Crippen molar-refractivity contribution in [2.24, 2.45) is 0 Å². The number of amides is 2. The average Bonchev–Trinajstić information content (AvgIpc) is 2.76. The van der Waals surface area contributed by atoms with Crippen LogP contribution in [0, 0.1) is 17.5 Å². The first-order chi connectivity index (χ1) is 14.7. The van der Waals surface area contributed by atoms with Gasteiger partial charge in [0.15, 0.2) is 35.6 Å². The Morgan fingerprint density at radius 1 is 0.903 bits per heavy atom. The third-order valence-electron chi connectivity index (χ3n) is 3.92. The van der Waals surface area contributed by atoms with Crippen molar-refractivity contribution in [2.75, 3.05) is 32.7 Å². The number of halogens is 3. The monoisotopic (exact) mass is 440 g/mol. The molecule has 0 spiro atoms. The van der Waals surface area contributed by atoms with Crippen molar-refractivity contribution in [2.45, 2.75) is 6.42 Å². The summed E-state index contributed by atoms with van der Waals surface area (Å²) in [6.07, 6.45) is -0.135. The number of anilines is 1. The molecule has 0 fully saturated rings. The number of hydrogen-bond donors (Lipinski definition) is 2. The molecule has 0 saturated heterocycles. The second-order valence-corrected chi connectivity index (χ2v) is 6.07. The third kappa shape index (κ3) is 6.63. The van der Waals surface area contributed by atoms with E-state index >= 15 is 0 Å². The lowest BCUT2D eigenvalue weighted by molar-refractivity contribution is -0.147. The fourth-order valence-corrected chi connectivity index (χ4v) is 2.40. The molecule has 8 nitrogen and oxygen atoms in total. The average molecular weight is 440 g/mol. The van der Waals surface area contributed by atoms with Gasteiger partial charge in [-0.2, -0.15) is 0 Å². The molecule has 0 aromatic heterocycles. The molecule has 2 amide bonds. The van der Waals surface area contributed by atoms with Gasteiger partial charge in [0.05, 0.1) is 32.9 Å². The maximum atomic E-state index is 13.5. The zero-order chi connectivity index (χ0) is 23.0. The van der Waals surface area contributed by atoms with Gasteiger partial charge in [0.25, 0.3) is 5.91 Å². The van der Waals surface area contributed by atoms with Crippen LogP contribution < -0.4 is 20.1 Å². The summed E-state index contributed by atoms with van der Waals surface area (Å²) < 4.78 is 54.6. The highest BCUT2D eigenvalue weighted by molar-refractivity contribution is 5.95. The Balaban J connectivity index is 1.77. The van der Waals surface area contributed by atoms with E-state index in [9.17, 15) is 27.6 Å². The molecular formula is C20H19F3N2O6. The van der Waals surface area contributed by atoms with Gasteiger partial charge in [-0.1, -0.05) is 6.07 Å². The summed E-state index contributed by atoms with van der Waals surface area (Å²) in [4.78, 5) is 35.3. The highest BCUT2D eigenvalue weighted by Crippen LogP contribution is 2.27. The van der Waals surface area contributed by atoms with Crippen LogP contribution in [0.3, 0.4) is 0 Å². The summed E-state index contributed by atoms with van der Waals surface area (Å²) in [5.41, 5.74) is -0.0181. The molecule has 2 N–H and O–H groups in total. The minimum Gasteiger partial charge on any atom is -0.493 e. The number of methoxy groups -OCH3 is 2. The molecule has 0 heterocycles. The fourth-order valence-electron chi connectivity index (χ4n) is 2.40. The molecule has 0 bridgehead atoms. The van der Waals surface area contributed by atoms with Crippen molar-refractivity contribution in [3.63, 3.8) is 0 Å². The standard InChI is InChI=1S/C20H19F3N2O6/c1-29-14-6-3-11(7-15(14)30-2)8-18(28)31-10-17(27)24-9-16(26)25-13-5-4-12(21)19(22)20(13)23/h3-7H,8-10H2,1-2H3,(H,24,27)(H,25,26). The van der Waals surface area contributed by atoms with E-state index in [2.05, 4.69) is 5.32 Å². The van der Waals surface area contributed by atoms with Crippen LogP contribution in [-0.4, -0.2) is 45.2 Å².